The van der Waals surface area contributed by atoms with Crippen molar-refractivity contribution in [2.75, 3.05) is 0 Å². The summed E-state index contributed by atoms with van der Waals surface area (Å²) < 4.78 is 0.987. The molecule has 0 unspecified atom stereocenters. The zero-order valence-corrected chi connectivity index (χ0v) is 8.23. The van der Waals surface area contributed by atoms with Gasteiger partial charge in [-0.1, -0.05) is 48.8 Å². The number of alkyl halides is 1. The Labute approximate surface area is 71.5 Å². The van der Waals surface area contributed by atoms with Gasteiger partial charge in [-0.15, -0.1) is 0 Å². The normalized spacial score (nSPS) is 36.7. The molecule has 1 aliphatic carbocycles. The van der Waals surface area contributed by atoms with Gasteiger partial charge in [-0.2, -0.15) is 0 Å². The Kier molecular flexibility index (Phi) is 3.30. The van der Waals surface area contributed by atoms with Gasteiger partial charge < -0.3 is 0 Å². The second-order valence-corrected chi connectivity index (χ2v) is 4.57. The summed E-state index contributed by atoms with van der Waals surface area (Å²) in [6.07, 6.45) is 7.32. The fraction of sp³-hybridized carbons (Fsp3) is 1.00. The van der Waals surface area contributed by atoms with Crippen molar-refractivity contribution in [1.29, 1.82) is 0 Å². The van der Waals surface area contributed by atoms with Crippen molar-refractivity contribution in [1.82, 2.24) is 0 Å². The molecule has 0 bridgehead atoms. The van der Waals surface area contributed by atoms with Gasteiger partial charge in [0.2, 0.25) is 0 Å². The maximum atomic E-state index is 2.62. The van der Waals surface area contributed by atoms with Crippen LogP contribution in [0, 0.1) is 5.92 Å². The van der Waals surface area contributed by atoms with Crippen molar-refractivity contribution in [3.05, 3.63) is 0 Å². The van der Waals surface area contributed by atoms with E-state index in [2.05, 4.69) is 29.5 Å². The van der Waals surface area contributed by atoms with Crippen LogP contribution in [0.15, 0.2) is 0 Å². The minimum Gasteiger partial charge on any atom is -0.0823 e. The van der Waals surface area contributed by atoms with Crippen LogP contribution in [0.5, 0.6) is 0 Å². The van der Waals surface area contributed by atoms with Gasteiger partial charge in [-0.25, -0.2) is 0 Å². The van der Waals surface area contributed by atoms with Crippen LogP contribution in [-0.2, 0) is 0 Å². The summed E-state index contributed by atoms with van der Waals surface area (Å²) in [4.78, 5) is 0. The fourth-order valence-corrected chi connectivity index (χ4v) is 2.93. The minimum absolute atomic E-state index is 0.987. The van der Waals surface area contributed by atoms with Crippen LogP contribution < -0.4 is 0 Å². The van der Waals surface area contributed by atoms with E-state index in [0.29, 0.717) is 0 Å². The monoisotopic (exact) mass is 238 g/mol. The Morgan fingerprint density at radius 3 is 2.44 bits per heavy atom. The molecule has 1 rings (SSSR count). The van der Waals surface area contributed by atoms with Crippen molar-refractivity contribution in [3.63, 3.8) is 0 Å². The van der Waals surface area contributed by atoms with Gasteiger partial charge in [-0.05, 0) is 18.8 Å². The Hall–Kier alpha value is 0.730. The molecule has 0 nitrogen and oxygen atoms in total. The van der Waals surface area contributed by atoms with E-state index in [1.807, 2.05) is 0 Å². The maximum Gasteiger partial charge on any atom is 0.0138 e. The Morgan fingerprint density at radius 2 is 2.00 bits per heavy atom. The summed E-state index contributed by atoms with van der Waals surface area (Å²) in [5.41, 5.74) is 0. The molecule has 0 heterocycles. The van der Waals surface area contributed by atoms with Crippen LogP contribution in [-0.4, -0.2) is 3.92 Å². The maximum absolute atomic E-state index is 2.62. The summed E-state index contributed by atoms with van der Waals surface area (Å²) in [6, 6.07) is 0. The van der Waals surface area contributed by atoms with E-state index in [9.17, 15) is 0 Å². The molecule has 0 aromatic rings. The third kappa shape index (κ3) is 2.10. The van der Waals surface area contributed by atoms with E-state index in [0.717, 1.165) is 9.84 Å². The smallest absolute Gasteiger partial charge is 0.0138 e. The lowest BCUT2D eigenvalue weighted by Gasteiger charge is -2.25. The van der Waals surface area contributed by atoms with Crippen LogP contribution in [0.1, 0.15) is 39.0 Å². The highest BCUT2D eigenvalue weighted by Crippen LogP contribution is 2.31. The Bertz CT molecular complexity index is 80.6. The molecule has 9 heavy (non-hydrogen) atoms. The first kappa shape index (κ1) is 7.83. The number of rotatable bonds is 1. The average Bonchev–Trinajstić information content (AvgIpc) is 1.89. The highest BCUT2D eigenvalue weighted by molar-refractivity contribution is 14.1. The van der Waals surface area contributed by atoms with Crippen molar-refractivity contribution >= 4 is 22.6 Å². The van der Waals surface area contributed by atoms with Crippen molar-refractivity contribution in [3.8, 4) is 0 Å². The number of hydrogen-bond acceptors (Lipinski definition) is 0. The highest BCUT2D eigenvalue weighted by atomic mass is 127. The molecule has 0 aromatic carbocycles. The predicted octanol–water partition coefficient (Wildman–Crippen LogP) is 3.39. The Morgan fingerprint density at radius 1 is 1.33 bits per heavy atom. The first-order valence-electron chi connectivity index (χ1n) is 3.98. The largest absolute Gasteiger partial charge is 0.0823 e. The zero-order chi connectivity index (χ0) is 6.69. The van der Waals surface area contributed by atoms with Crippen LogP contribution in [0.4, 0.5) is 0 Å². The van der Waals surface area contributed by atoms with E-state index in [4.69, 9.17) is 0 Å². The predicted molar refractivity (Wildman–Crippen MR) is 50.1 cm³/mol. The molecule has 1 heteroatoms. The van der Waals surface area contributed by atoms with Crippen molar-refractivity contribution in [2.24, 2.45) is 5.92 Å². The lowest BCUT2D eigenvalue weighted by Crippen LogP contribution is -2.17. The van der Waals surface area contributed by atoms with E-state index >= 15 is 0 Å². The molecule has 1 aliphatic rings. The van der Waals surface area contributed by atoms with Gasteiger partial charge in [0.05, 0.1) is 0 Å². The van der Waals surface area contributed by atoms with Gasteiger partial charge in [0.25, 0.3) is 0 Å². The lowest BCUT2D eigenvalue weighted by atomic mass is 9.88. The third-order valence-electron chi connectivity index (χ3n) is 2.34. The molecule has 0 saturated heterocycles. The zero-order valence-electron chi connectivity index (χ0n) is 6.07. The molecule has 2 atom stereocenters. The molecule has 0 aromatic heterocycles. The Balaban J connectivity index is 2.30. The van der Waals surface area contributed by atoms with Crippen molar-refractivity contribution in [2.45, 2.75) is 43.0 Å². The average molecular weight is 238 g/mol. The van der Waals surface area contributed by atoms with Crippen LogP contribution in [0.3, 0.4) is 0 Å². The molecule has 0 aliphatic heterocycles. The molecule has 0 radical (unpaired) electrons. The van der Waals surface area contributed by atoms with Gasteiger partial charge >= 0.3 is 0 Å². The van der Waals surface area contributed by atoms with E-state index in [1.165, 1.54) is 32.1 Å². The summed E-state index contributed by atoms with van der Waals surface area (Å²) in [5.74, 6) is 1.04. The topological polar surface area (TPSA) is 0 Å². The standard InChI is InChI=1S/C8H15I/c1-2-7-5-3-4-6-8(7)9/h7-8H,2-6H2,1H3/t7-,8-/m1/s1. The highest BCUT2D eigenvalue weighted by Gasteiger charge is 2.19. The first-order chi connectivity index (χ1) is 4.34. The number of halogens is 1. The summed E-state index contributed by atoms with van der Waals surface area (Å²) >= 11 is 2.62. The van der Waals surface area contributed by atoms with Gasteiger partial charge in [0.1, 0.15) is 0 Å². The van der Waals surface area contributed by atoms with Crippen LogP contribution in [0.25, 0.3) is 0 Å². The van der Waals surface area contributed by atoms with E-state index in [-0.39, 0.29) is 0 Å². The molecule has 1 fully saturated rings. The molecular weight excluding hydrogens is 223 g/mol. The van der Waals surface area contributed by atoms with E-state index in [1.54, 1.807) is 0 Å². The van der Waals surface area contributed by atoms with Crippen LogP contribution in [0.2, 0.25) is 0 Å². The fourth-order valence-electron chi connectivity index (χ4n) is 1.62. The lowest BCUT2D eigenvalue weighted by molar-refractivity contribution is 0.372. The minimum atomic E-state index is 0.987. The number of hydrogen-bond donors (Lipinski definition) is 0. The quantitative estimate of drug-likeness (QED) is 0.485. The molecule has 0 spiro atoms. The summed E-state index contributed by atoms with van der Waals surface area (Å²) in [5, 5.41) is 0. The van der Waals surface area contributed by atoms with Gasteiger partial charge in [0.15, 0.2) is 0 Å². The summed E-state index contributed by atoms with van der Waals surface area (Å²) in [7, 11) is 0. The van der Waals surface area contributed by atoms with Crippen LogP contribution >= 0.6 is 22.6 Å². The summed E-state index contributed by atoms with van der Waals surface area (Å²) in [6.45, 7) is 2.32. The third-order valence-corrected chi connectivity index (χ3v) is 3.98. The second kappa shape index (κ2) is 3.79. The molecule has 1 saturated carbocycles. The van der Waals surface area contributed by atoms with Gasteiger partial charge in [-0.3, -0.25) is 0 Å². The second-order valence-electron chi connectivity index (χ2n) is 2.97. The van der Waals surface area contributed by atoms with Gasteiger partial charge in [0, 0.05) is 3.92 Å². The van der Waals surface area contributed by atoms with Crippen molar-refractivity contribution < 1.29 is 0 Å². The molecule has 0 amide bonds. The molecular formula is C8H15I. The molecule has 0 N–H and O–H groups in total. The SMILES string of the molecule is CC[C@@H]1CCCC[C@H]1I. The van der Waals surface area contributed by atoms with E-state index < -0.39 is 0 Å². The first-order valence-corrected chi connectivity index (χ1v) is 5.23. The molecule has 54 valence electrons.